The smallest absolute Gasteiger partial charge is 0.244 e. The summed E-state index contributed by atoms with van der Waals surface area (Å²) in [6.07, 6.45) is 2.43. The Morgan fingerprint density at radius 3 is 2.90 bits per heavy atom. The Labute approximate surface area is 128 Å². The van der Waals surface area contributed by atoms with Crippen LogP contribution in [-0.4, -0.2) is 37.5 Å². The highest BCUT2D eigenvalue weighted by Gasteiger charge is 2.31. The minimum absolute atomic E-state index is 0.0978. The van der Waals surface area contributed by atoms with Crippen molar-refractivity contribution in [2.45, 2.75) is 24.2 Å². The summed E-state index contributed by atoms with van der Waals surface area (Å²) >= 11 is 3.28. The summed E-state index contributed by atoms with van der Waals surface area (Å²) in [5.74, 6) is 0.225. The lowest BCUT2D eigenvalue weighted by Gasteiger charge is -2.32. The van der Waals surface area contributed by atoms with Crippen molar-refractivity contribution in [3.8, 4) is 0 Å². The molecule has 1 fully saturated rings. The zero-order valence-electron chi connectivity index (χ0n) is 11.1. The maximum Gasteiger partial charge on any atom is 0.244 e. The fourth-order valence-electron chi connectivity index (χ4n) is 2.52. The standard InChI is InChI=1S/C13H19BrN2O3S/c14-12-4-3-11(15)8-13(12)20(18,19)16-6-1-2-10(9-16)5-7-17/h3-4,8,10,17H,1-2,5-7,9,15H2. The van der Waals surface area contributed by atoms with E-state index in [9.17, 15) is 8.42 Å². The Hall–Kier alpha value is -0.630. The SMILES string of the molecule is Nc1ccc(Br)c(S(=O)(=O)N2CCCC(CCO)C2)c1. The molecule has 1 atom stereocenters. The highest BCUT2D eigenvalue weighted by Crippen LogP contribution is 2.30. The first kappa shape index (κ1) is 15.8. The molecule has 0 spiro atoms. The van der Waals surface area contributed by atoms with Crippen LogP contribution in [0.4, 0.5) is 5.69 Å². The third kappa shape index (κ3) is 3.33. The molecule has 1 aromatic carbocycles. The van der Waals surface area contributed by atoms with E-state index < -0.39 is 10.0 Å². The Bertz CT molecular complexity index is 575. The van der Waals surface area contributed by atoms with Crippen molar-refractivity contribution in [1.29, 1.82) is 0 Å². The molecule has 0 radical (unpaired) electrons. The van der Waals surface area contributed by atoms with E-state index in [2.05, 4.69) is 15.9 Å². The highest BCUT2D eigenvalue weighted by molar-refractivity contribution is 9.10. The van der Waals surface area contributed by atoms with Crippen molar-refractivity contribution in [2.75, 3.05) is 25.4 Å². The Morgan fingerprint density at radius 2 is 2.20 bits per heavy atom. The lowest BCUT2D eigenvalue weighted by molar-refractivity contribution is 0.203. The van der Waals surface area contributed by atoms with Crippen LogP contribution in [0.25, 0.3) is 0 Å². The van der Waals surface area contributed by atoms with Crippen LogP contribution in [0, 0.1) is 5.92 Å². The molecule has 0 aromatic heterocycles. The molecular weight excluding hydrogens is 344 g/mol. The number of hydrogen-bond donors (Lipinski definition) is 2. The van der Waals surface area contributed by atoms with Crippen molar-refractivity contribution < 1.29 is 13.5 Å². The molecule has 1 aromatic rings. The van der Waals surface area contributed by atoms with E-state index >= 15 is 0 Å². The zero-order valence-corrected chi connectivity index (χ0v) is 13.5. The van der Waals surface area contributed by atoms with Gasteiger partial charge in [0.25, 0.3) is 0 Å². The molecule has 112 valence electrons. The molecular formula is C13H19BrN2O3S. The van der Waals surface area contributed by atoms with E-state index in [1.807, 2.05) is 0 Å². The van der Waals surface area contributed by atoms with E-state index in [4.69, 9.17) is 10.8 Å². The van der Waals surface area contributed by atoms with Gasteiger partial charge in [0.15, 0.2) is 0 Å². The van der Waals surface area contributed by atoms with Crippen LogP contribution in [0.2, 0.25) is 0 Å². The Morgan fingerprint density at radius 1 is 1.45 bits per heavy atom. The summed E-state index contributed by atoms with van der Waals surface area (Å²) in [7, 11) is -3.54. The van der Waals surface area contributed by atoms with Gasteiger partial charge in [-0.1, -0.05) is 0 Å². The molecule has 3 N–H and O–H groups in total. The van der Waals surface area contributed by atoms with E-state index in [1.165, 1.54) is 10.4 Å². The van der Waals surface area contributed by atoms with Crippen LogP contribution in [0.5, 0.6) is 0 Å². The molecule has 1 aliphatic rings. The fraction of sp³-hybridized carbons (Fsp3) is 0.538. The first-order valence-electron chi connectivity index (χ1n) is 6.61. The molecule has 0 aliphatic carbocycles. The van der Waals surface area contributed by atoms with Crippen LogP contribution in [0.1, 0.15) is 19.3 Å². The van der Waals surface area contributed by atoms with Gasteiger partial charge in [-0.15, -0.1) is 0 Å². The molecule has 5 nitrogen and oxygen atoms in total. The van der Waals surface area contributed by atoms with Crippen LogP contribution in [0.3, 0.4) is 0 Å². The molecule has 7 heteroatoms. The quantitative estimate of drug-likeness (QED) is 0.800. The van der Waals surface area contributed by atoms with Gasteiger partial charge in [0.1, 0.15) is 0 Å². The molecule has 0 amide bonds. The molecule has 20 heavy (non-hydrogen) atoms. The van der Waals surface area contributed by atoms with Crippen LogP contribution in [-0.2, 0) is 10.0 Å². The second kappa shape index (κ2) is 6.43. The normalized spacial score (nSPS) is 21.0. The van der Waals surface area contributed by atoms with E-state index in [1.54, 1.807) is 12.1 Å². The predicted octanol–water partition coefficient (Wildman–Crippen LogP) is 1.81. The predicted molar refractivity (Wildman–Crippen MR) is 81.7 cm³/mol. The Kier molecular flexibility index (Phi) is 5.06. The van der Waals surface area contributed by atoms with Crippen molar-refractivity contribution in [1.82, 2.24) is 4.31 Å². The van der Waals surface area contributed by atoms with Gasteiger partial charge in [-0.05, 0) is 59.3 Å². The average Bonchev–Trinajstić information content (AvgIpc) is 2.42. The van der Waals surface area contributed by atoms with E-state index in [0.717, 1.165) is 12.8 Å². The van der Waals surface area contributed by atoms with Crippen molar-refractivity contribution >= 4 is 31.6 Å². The molecule has 0 bridgehead atoms. The van der Waals surface area contributed by atoms with Gasteiger partial charge in [0.2, 0.25) is 10.0 Å². The molecule has 1 aliphatic heterocycles. The summed E-state index contributed by atoms with van der Waals surface area (Å²) < 4.78 is 27.4. The maximum atomic E-state index is 12.7. The average molecular weight is 363 g/mol. The number of sulfonamides is 1. The number of rotatable bonds is 4. The van der Waals surface area contributed by atoms with E-state index in [0.29, 0.717) is 29.7 Å². The lowest BCUT2D eigenvalue weighted by atomic mass is 9.97. The van der Waals surface area contributed by atoms with Crippen molar-refractivity contribution in [3.05, 3.63) is 22.7 Å². The third-order valence-electron chi connectivity index (χ3n) is 3.59. The monoisotopic (exact) mass is 362 g/mol. The van der Waals surface area contributed by atoms with Gasteiger partial charge < -0.3 is 10.8 Å². The largest absolute Gasteiger partial charge is 0.399 e. The van der Waals surface area contributed by atoms with Gasteiger partial charge >= 0.3 is 0 Å². The van der Waals surface area contributed by atoms with Crippen LogP contribution < -0.4 is 5.73 Å². The first-order chi connectivity index (χ1) is 9.45. The summed E-state index contributed by atoms with van der Waals surface area (Å²) in [6, 6.07) is 4.79. The van der Waals surface area contributed by atoms with Crippen LogP contribution >= 0.6 is 15.9 Å². The van der Waals surface area contributed by atoms with Gasteiger partial charge in [0, 0.05) is 29.9 Å². The number of hydrogen-bond acceptors (Lipinski definition) is 4. The topological polar surface area (TPSA) is 83.6 Å². The number of benzene rings is 1. The summed E-state index contributed by atoms with van der Waals surface area (Å²) in [5, 5.41) is 9.01. The molecule has 1 heterocycles. The third-order valence-corrected chi connectivity index (χ3v) is 6.45. The number of aliphatic hydroxyl groups is 1. The molecule has 0 saturated carbocycles. The minimum atomic E-state index is -3.54. The maximum absolute atomic E-state index is 12.7. The van der Waals surface area contributed by atoms with E-state index in [-0.39, 0.29) is 17.4 Å². The van der Waals surface area contributed by atoms with Gasteiger partial charge in [0.05, 0.1) is 4.90 Å². The van der Waals surface area contributed by atoms with Gasteiger partial charge in [-0.2, -0.15) is 4.31 Å². The summed E-state index contributed by atoms with van der Waals surface area (Å²) in [4.78, 5) is 0.210. The number of nitrogens with zero attached hydrogens (tertiary/aromatic N) is 1. The van der Waals surface area contributed by atoms with Crippen molar-refractivity contribution in [3.63, 3.8) is 0 Å². The molecule has 2 rings (SSSR count). The summed E-state index contributed by atoms with van der Waals surface area (Å²) in [5.41, 5.74) is 6.12. The number of nitrogen functional groups attached to an aromatic ring is 1. The van der Waals surface area contributed by atoms with Gasteiger partial charge in [-0.25, -0.2) is 8.42 Å². The second-order valence-electron chi connectivity index (χ2n) is 5.07. The Balaban J connectivity index is 2.27. The number of halogens is 1. The number of piperidine rings is 1. The van der Waals surface area contributed by atoms with Crippen molar-refractivity contribution in [2.24, 2.45) is 5.92 Å². The highest BCUT2D eigenvalue weighted by atomic mass is 79.9. The van der Waals surface area contributed by atoms with Crippen LogP contribution in [0.15, 0.2) is 27.6 Å². The van der Waals surface area contributed by atoms with Gasteiger partial charge in [-0.3, -0.25) is 0 Å². The number of nitrogens with two attached hydrogens (primary N) is 1. The zero-order chi connectivity index (χ0) is 14.8. The minimum Gasteiger partial charge on any atom is -0.399 e. The number of anilines is 1. The molecule has 1 unspecified atom stereocenters. The lowest BCUT2D eigenvalue weighted by Crippen LogP contribution is -2.40. The first-order valence-corrected chi connectivity index (χ1v) is 8.84. The number of aliphatic hydroxyl groups excluding tert-OH is 1. The molecule has 1 saturated heterocycles. The second-order valence-corrected chi connectivity index (χ2v) is 7.83. The summed E-state index contributed by atoms with van der Waals surface area (Å²) in [6.45, 7) is 1.08. The fourth-order valence-corrected chi connectivity index (χ4v) is 5.03.